The molecule has 0 bridgehead atoms. The quantitative estimate of drug-likeness (QED) is 0.922. The molecule has 0 aromatic heterocycles. The zero-order valence-corrected chi connectivity index (χ0v) is 12.6. The van der Waals surface area contributed by atoms with Crippen LogP contribution in [0.2, 0.25) is 0 Å². The standard InChI is InChI=1S/C15H18N2O3S/c1-21-13-12-11(16-14(13)18)7-8-17(12)15(19)20-9-10-5-3-2-4-6-10/h2-6,11-13H,7-9H2,1H3,(H,16,18). The zero-order valence-electron chi connectivity index (χ0n) is 11.8. The summed E-state index contributed by atoms with van der Waals surface area (Å²) in [5.74, 6) is 0.0260. The summed E-state index contributed by atoms with van der Waals surface area (Å²) in [6.45, 7) is 0.902. The highest BCUT2D eigenvalue weighted by Gasteiger charge is 2.50. The van der Waals surface area contributed by atoms with E-state index in [1.54, 1.807) is 4.90 Å². The third-order valence-electron chi connectivity index (χ3n) is 4.04. The van der Waals surface area contributed by atoms with Crippen molar-refractivity contribution in [3.8, 4) is 0 Å². The lowest BCUT2D eigenvalue weighted by Crippen LogP contribution is -2.43. The first kappa shape index (κ1) is 14.3. The summed E-state index contributed by atoms with van der Waals surface area (Å²) in [5.41, 5.74) is 0.962. The molecule has 0 aliphatic carbocycles. The third kappa shape index (κ3) is 2.72. The predicted molar refractivity (Wildman–Crippen MR) is 81.0 cm³/mol. The van der Waals surface area contributed by atoms with Crippen molar-refractivity contribution in [3.05, 3.63) is 35.9 Å². The molecular formula is C15H18N2O3S. The van der Waals surface area contributed by atoms with E-state index >= 15 is 0 Å². The van der Waals surface area contributed by atoms with Crippen molar-refractivity contribution in [2.45, 2.75) is 30.4 Å². The summed E-state index contributed by atoms with van der Waals surface area (Å²) in [4.78, 5) is 25.8. The zero-order chi connectivity index (χ0) is 14.8. The summed E-state index contributed by atoms with van der Waals surface area (Å²) in [5, 5.41) is 2.77. The Morgan fingerprint density at radius 2 is 2.19 bits per heavy atom. The molecular weight excluding hydrogens is 288 g/mol. The Balaban J connectivity index is 1.64. The molecule has 3 atom stereocenters. The molecule has 2 fully saturated rings. The van der Waals surface area contributed by atoms with Gasteiger partial charge in [-0.05, 0) is 18.2 Å². The first-order chi connectivity index (χ1) is 10.2. The third-order valence-corrected chi connectivity index (χ3v) is 5.04. The van der Waals surface area contributed by atoms with Crippen LogP contribution >= 0.6 is 11.8 Å². The van der Waals surface area contributed by atoms with Crippen molar-refractivity contribution in [3.63, 3.8) is 0 Å². The Morgan fingerprint density at radius 1 is 1.43 bits per heavy atom. The molecule has 1 N–H and O–H groups in total. The Bertz CT molecular complexity index is 537. The summed E-state index contributed by atoms with van der Waals surface area (Å²) in [6, 6.07) is 9.58. The molecule has 2 amide bonds. The number of carbonyl (C=O) groups excluding carboxylic acids is 2. The van der Waals surface area contributed by atoms with E-state index in [0.717, 1.165) is 12.0 Å². The van der Waals surface area contributed by atoms with Gasteiger partial charge in [-0.1, -0.05) is 30.3 Å². The summed E-state index contributed by atoms with van der Waals surface area (Å²) < 4.78 is 5.39. The van der Waals surface area contributed by atoms with Crippen molar-refractivity contribution in [1.29, 1.82) is 0 Å². The molecule has 5 nitrogen and oxygen atoms in total. The number of amides is 2. The van der Waals surface area contributed by atoms with Crippen LogP contribution in [0.25, 0.3) is 0 Å². The van der Waals surface area contributed by atoms with Crippen molar-refractivity contribution in [1.82, 2.24) is 10.2 Å². The summed E-state index contributed by atoms with van der Waals surface area (Å²) >= 11 is 1.49. The molecule has 112 valence electrons. The maximum atomic E-state index is 12.3. The molecule has 1 aromatic rings. The van der Waals surface area contributed by atoms with Gasteiger partial charge in [0.2, 0.25) is 5.91 Å². The minimum atomic E-state index is -0.332. The highest BCUT2D eigenvalue weighted by molar-refractivity contribution is 8.00. The summed E-state index contributed by atoms with van der Waals surface area (Å²) in [6.07, 6.45) is 2.37. The van der Waals surface area contributed by atoms with Gasteiger partial charge in [0, 0.05) is 6.54 Å². The number of fused-ring (bicyclic) bond motifs is 1. The minimum Gasteiger partial charge on any atom is -0.445 e. The molecule has 3 unspecified atom stereocenters. The molecule has 2 heterocycles. The van der Waals surface area contributed by atoms with E-state index in [0.29, 0.717) is 6.54 Å². The van der Waals surface area contributed by atoms with Gasteiger partial charge in [-0.2, -0.15) is 0 Å². The van der Waals surface area contributed by atoms with Crippen molar-refractivity contribution in [2.24, 2.45) is 0 Å². The Kier molecular flexibility index (Phi) is 4.05. The van der Waals surface area contributed by atoms with Gasteiger partial charge in [-0.3, -0.25) is 4.79 Å². The predicted octanol–water partition coefficient (Wildman–Crippen LogP) is 1.63. The van der Waals surface area contributed by atoms with Gasteiger partial charge in [-0.25, -0.2) is 4.79 Å². The number of nitrogens with one attached hydrogen (secondary N) is 1. The number of likely N-dealkylation sites (tertiary alicyclic amines) is 1. The monoisotopic (exact) mass is 306 g/mol. The molecule has 1 aromatic carbocycles. The number of benzene rings is 1. The second-order valence-corrected chi connectivity index (χ2v) is 6.26. The number of nitrogens with zero attached hydrogens (tertiary/aromatic N) is 1. The fraction of sp³-hybridized carbons (Fsp3) is 0.467. The van der Waals surface area contributed by atoms with Gasteiger partial charge in [0.15, 0.2) is 0 Å². The molecule has 21 heavy (non-hydrogen) atoms. The Hall–Kier alpha value is -1.69. The van der Waals surface area contributed by atoms with Crippen LogP contribution in [0, 0.1) is 0 Å². The van der Waals surface area contributed by atoms with E-state index in [2.05, 4.69) is 5.32 Å². The number of ether oxygens (including phenoxy) is 1. The van der Waals surface area contributed by atoms with E-state index in [9.17, 15) is 9.59 Å². The second kappa shape index (κ2) is 5.97. The topological polar surface area (TPSA) is 58.6 Å². The maximum Gasteiger partial charge on any atom is 0.410 e. The van der Waals surface area contributed by atoms with Crippen LogP contribution in [0.15, 0.2) is 30.3 Å². The van der Waals surface area contributed by atoms with Gasteiger partial charge in [0.25, 0.3) is 0 Å². The van der Waals surface area contributed by atoms with Crippen LogP contribution in [0.5, 0.6) is 0 Å². The normalized spacial score (nSPS) is 27.4. The van der Waals surface area contributed by atoms with Gasteiger partial charge in [-0.15, -0.1) is 11.8 Å². The number of carbonyl (C=O) groups is 2. The van der Waals surface area contributed by atoms with Crippen LogP contribution < -0.4 is 5.32 Å². The van der Waals surface area contributed by atoms with Crippen LogP contribution in [0.3, 0.4) is 0 Å². The molecule has 3 rings (SSSR count). The lowest BCUT2D eigenvalue weighted by Gasteiger charge is -2.25. The fourth-order valence-electron chi connectivity index (χ4n) is 3.03. The average Bonchev–Trinajstić information content (AvgIpc) is 3.03. The van der Waals surface area contributed by atoms with Crippen molar-refractivity contribution < 1.29 is 14.3 Å². The lowest BCUT2D eigenvalue weighted by atomic mass is 10.1. The van der Waals surface area contributed by atoms with Crippen molar-refractivity contribution in [2.75, 3.05) is 12.8 Å². The highest BCUT2D eigenvalue weighted by Crippen LogP contribution is 2.32. The van der Waals surface area contributed by atoms with E-state index < -0.39 is 0 Å². The van der Waals surface area contributed by atoms with Gasteiger partial charge >= 0.3 is 6.09 Å². The van der Waals surface area contributed by atoms with E-state index in [1.807, 2.05) is 36.6 Å². The van der Waals surface area contributed by atoms with E-state index in [4.69, 9.17) is 4.74 Å². The van der Waals surface area contributed by atoms with Gasteiger partial charge in [0.1, 0.15) is 11.9 Å². The summed E-state index contributed by atoms with van der Waals surface area (Å²) in [7, 11) is 0. The smallest absolute Gasteiger partial charge is 0.410 e. The molecule has 6 heteroatoms. The Labute approximate surface area is 128 Å². The first-order valence-corrected chi connectivity index (χ1v) is 8.30. The van der Waals surface area contributed by atoms with Crippen molar-refractivity contribution >= 4 is 23.8 Å². The largest absolute Gasteiger partial charge is 0.445 e. The molecule has 2 aliphatic heterocycles. The second-order valence-electron chi connectivity index (χ2n) is 5.28. The lowest BCUT2D eigenvalue weighted by molar-refractivity contribution is -0.119. The fourth-order valence-corrected chi connectivity index (χ4v) is 3.93. The van der Waals surface area contributed by atoms with E-state index in [1.165, 1.54) is 11.8 Å². The maximum absolute atomic E-state index is 12.3. The minimum absolute atomic E-state index is 0.0260. The number of hydrogen-bond donors (Lipinski definition) is 1. The Morgan fingerprint density at radius 3 is 2.90 bits per heavy atom. The first-order valence-electron chi connectivity index (χ1n) is 7.01. The molecule has 0 saturated carbocycles. The molecule has 2 aliphatic rings. The molecule has 0 spiro atoms. The SMILES string of the molecule is CSC1C(=O)NC2CCN(C(=O)OCc3ccccc3)C21. The van der Waals surface area contributed by atoms with Crippen LogP contribution in [-0.2, 0) is 16.1 Å². The van der Waals surface area contributed by atoms with Crippen LogP contribution in [0.4, 0.5) is 4.79 Å². The average molecular weight is 306 g/mol. The highest BCUT2D eigenvalue weighted by atomic mass is 32.2. The van der Waals surface area contributed by atoms with Crippen LogP contribution in [-0.4, -0.2) is 47.0 Å². The van der Waals surface area contributed by atoms with E-state index in [-0.39, 0.29) is 35.9 Å². The number of hydrogen-bond acceptors (Lipinski definition) is 4. The number of thioether (sulfide) groups is 1. The molecule has 0 radical (unpaired) electrons. The molecule has 2 saturated heterocycles. The van der Waals surface area contributed by atoms with Gasteiger partial charge < -0.3 is 15.0 Å². The number of rotatable bonds is 3. The van der Waals surface area contributed by atoms with Crippen LogP contribution in [0.1, 0.15) is 12.0 Å². The van der Waals surface area contributed by atoms with Gasteiger partial charge in [0.05, 0.1) is 12.1 Å².